The van der Waals surface area contributed by atoms with Gasteiger partial charge in [0.15, 0.2) is 0 Å². The second kappa shape index (κ2) is 2.46. The molecular formula is C8H13NO. The van der Waals surface area contributed by atoms with Crippen LogP contribution in [0.5, 0.6) is 0 Å². The second-order valence-electron chi connectivity index (χ2n) is 2.68. The summed E-state index contributed by atoms with van der Waals surface area (Å²) < 4.78 is 5.18. The molecule has 1 rings (SSSR count). The third kappa shape index (κ3) is 1.07. The van der Waals surface area contributed by atoms with Gasteiger partial charge in [-0.25, -0.2) is 0 Å². The Morgan fingerprint density at radius 1 is 1.50 bits per heavy atom. The Bertz CT molecular complexity index is 206. The van der Waals surface area contributed by atoms with E-state index in [0.29, 0.717) is 0 Å². The fraction of sp³-hybridized carbons (Fsp3) is 0.500. The molecule has 0 aliphatic heterocycles. The van der Waals surface area contributed by atoms with Crippen LogP contribution in [0.1, 0.15) is 29.9 Å². The van der Waals surface area contributed by atoms with E-state index in [1.807, 2.05) is 20.8 Å². The van der Waals surface area contributed by atoms with Gasteiger partial charge in [0.1, 0.15) is 5.76 Å². The van der Waals surface area contributed by atoms with Gasteiger partial charge in [-0.05, 0) is 26.3 Å². The van der Waals surface area contributed by atoms with Gasteiger partial charge < -0.3 is 10.2 Å². The van der Waals surface area contributed by atoms with Crippen LogP contribution < -0.4 is 5.73 Å². The van der Waals surface area contributed by atoms with E-state index < -0.39 is 0 Å². The van der Waals surface area contributed by atoms with Crippen molar-refractivity contribution >= 4 is 0 Å². The molecule has 2 nitrogen and oxygen atoms in total. The van der Waals surface area contributed by atoms with Gasteiger partial charge in [-0.15, -0.1) is 0 Å². The predicted molar refractivity (Wildman–Crippen MR) is 40.8 cm³/mol. The van der Waals surface area contributed by atoms with Crippen molar-refractivity contribution in [1.29, 1.82) is 0 Å². The standard InChI is InChI=1S/C8H13NO/c1-5-4-10-7(3)8(5)6(2)9/h4,6H,9H2,1-3H3/t6-/m1/s1. The summed E-state index contributed by atoms with van der Waals surface area (Å²) in [5.41, 5.74) is 7.98. The van der Waals surface area contributed by atoms with Crippen LogP contribution >= 0.6 is 0 Å². The normalized spacial score (nSPS) is 13.6. The number of aryl methyl sites for hydroxylation is 2. The predicted octanol–water partition coefficient (Wildman–Crippen LogP) is 1.92. The molecule has 0 fully saturated rings. The van der Waals surface area contributed by atoms with Crippen LogP contribution in [0, 0.1) is 13.8 Å². The van der Waals surface area contributed by atoms with Crippen LogP contribution in [0.2, 0.25) is 0 Å². The first-order valence-electron chi connectivity index (χ1n) is 3.43. The molecule has 56 valence electrons. The first-order chi connectivity index (χ1) is 4.63. The molecule has 0 bridgehead atoms. The van der Waals surface area contributed by atoms with Crippen LogP contribution in [0.15, 0.2) is 10.7 Å². The third-order valence-electron chi connectivity index (χ3n) is 1.67. The van der Waals surface area contributed by atoms with Crippen molar-refractivity contribution in [2.24, 2.45) is 5.73 Å². The summed E-state index contributed by atoms with van der Waals surface area (Å²) in [4.78, 5) is 0. The third-order valence-corrected chi connectivity index (χ3v) is 1.67. The molecule has 0 unspecified atom stereocenters. The molecule has 0 saturated carbocycles. The summed E-state index contributed by atoms with van der Waals surface area (Å²) >= 11 is 0. The molecule has 10 heavy (non-hydrogen) atoms. The summed E-state index contributed by atoms with van der Waals surface area (Å²) in [6.07, 6.45) is 1.74. The highest BCUT2D eigenvalue weighted by Gasteiger charge is 2.09. The maximum atomic E-state index is 5.70. The van der Waals surface area contributed by atoms with Crippen molar-refractivity contribution in [3.63, 3.8) is 0 Å². The number of hydrogen-bond acceptors (Lipinski definition) is 2. The first-order valence-corrected chi connectivity index (χ1v) is 3.43. The van der Waals surface area contributed by atoms with Gasteiger partial charge >= 0.3 is 0 Å². The van der Waals surface area contributed by atoms with Gasteiger partial charge in [0.25, 0.3) is 0 Å². The van der Waals surface area contributed by atoms with Crippen LogP contribution in [0.4, 0.5) is 0 Å². The zero-order chi connectivity index (χ0) is 7.72. The van der Waals surface area contributed by atoms with Crippen molar-refractivity contribution in [2.45, 2.75) is 26.8 Å². The molecule has 1 heterocycles. The molecule has 0 aliphatic carbocycles. The molecule has 0 spiro atoms. The Hall–Kier alpha value is -0.760. The zero-order valence-corrected chi connectivity index (χ0v) is 6.64. The van der Waals surface area contributed by atoms with Crippen molar-refractivity contribution < 1.29 is 4.42 Å². The molecule has 0 saturated heterocycles. The average molecular weight is 139 g/mol. The SMILES string of the molecule is Cc1coc(C)c1[C@@H](C)N. The van der Waals surface area contributed by atoms with Crippen molar-refractivity contribution in [1.82, 2.24) is 0 Å². The van der Waals surface area contributed by atoms with Crippen LogP contribution in [-0.4, -0.2) is 0 Å². The Morgan fingerprint density at radius 2 is 2.10 bits per heavy atom. The van der Waals surface area contributed by atoms with Crippen molar-refractivity contribution in [3.05, 3.63) is 23.2 Å². The zero-order valence-electron chi connectivity index (χ0n) is 6.64. The number of furan rings is 1. The van der Waals surface area contributed by atoms with E-state index in [9.17, 15) is 0 Å². The minimum Gasteiger partial charge on any atom is -0.469 e. The molecule has 2 heteroatoms. The van der Waals surface area contributed by atoms with Gasteiger partial charge in [0.2, 0.25) is 0 Å². The Balaban J connectivity index is 3.10. The summed E-state index contributed by atoms with van der Waals surface area (Å²) in [6, 6.07) is 0.0822. The molecule has 0 aliphatic rings. The van der Waals surface area contributed by atoms with E-state index >= 15 is 0 Å². The molecule has 0 aromatic carbocycles. The lowest BCUT2D eigenvalue weighted by Gasteiger charge is -2.03. The molecule has 0 radical (unpaired) electrons. The van der Waals surface area contributed by atoms with Gasteiger partial charge in [0, 0.05) is 11.6 Å². The molecular weight excluding hydrogens is 126 g/mol. The smallest absolute Gasteiger partial charge is 0.105 e. The lowest BCUT2D eigenvalue weighted by atomic mass is 10.1. The maximum absolute atomic E-state index is 5.70. The van der Waals surface area contributed by atoms with Crippen molar-refractivity contribution in [2.75, 3.05) is 0 Å². The fourth-order valence-electron chi connectivity index (χ4n) is 1.26. The van der Waals surface area contributed by atoms with E-state index in [0.717, 1.165) is 16.9 Å². The summed E-state index contributed by atoms with van der Waals surface area (Å²) in [6.45, 7) is 5.91. The first kappa shape index (κ1) is 7.35. The van der Waals surface area contributed by atoms with Crippen molar-refractivity contribution in [3.8, 4) is 0 Å². The number of hydrogen-bond donors (Lipinski definition) is 1. The fourth-order valence-corrected chi connectivity index (χ4v) is 1.26. The van der Waals surface area contributed by atoms with E-state index in [4.69, 9.17) is 10.2 Å². The van der Waals surface area contributed by atoms with Gasteiger partial charge in [0.05, 0.1) is 6.26 Å². The number of nitrogens with two attached hydrogens (primary N) is 1. The molecule has 1 aromatic heterocycles. The highest BCUT2D eigenvalue weighted by molar-refractivity contribution is 5.28. The van der Waals surface area contributed by atoms with E-state index in [1.54, 1.807) is 6.26 Å². The number of rotatable bonds is 1. The van der Waals surface area contributed by atoms with Crippen LogP contribution in [0.3, 0.4) is 0 Å². The highest BCUT2D eigenvalue weighted by Crippen LogP contribution is 2.20. The highest BCUT2D eigenvalue weighted by atomic mass is 16.3. The van der Waals surface area contributed by atoms with Gasteiger partial charge in [-0.3, -0.25) is 0 Å². The lowest BCUT2D eigenvalue weighted by Crippen LogP contribution is -2.06. The monoisotopic (exact) mass is 139 g/mol. The van der Waals surface area contributed by atoms with Gasteiger partial charge in [-0.2, -0.15) is 0 Å². The minimum atomic E-state index is 0.0822. The van der Waals surface area contributed by atoms with Crippen LogP contribution in [-0.2, 0) is 0 Å². The topological polar surface area (TPSA) is 39.2 Å². The van der Waals surface area contributed by atoms with E-state index in [1.165, 1.54) is 0 Å². The molecule has 1 atom stereocenters. The van der Waals surface area contributed by atoms with E-state index in [-0.39, 0.29) is 6.04 Å². The molecule has 0 amide bonds. The lowest BCUT2D eigenvalue weighted by molar-refractivity contribution is 0.525. The molecule has 1 aromatic rings. The summed E-state index contributed by atoms with van der Waals surface area (Å²) in [5.74, 6) is 0.938. The van der Waals surface area contributed by atoms with Crippen LogP contribution in [0.25, 0.3) is 0 Å². The second-order valence-corrected chi connectivity index (χ2v) is 2.68. The van der Waals surface area contributed by atoms with Gasteiger partial charge in [-0.1, -0.05) is 0 Å². The minimum absolute atomic E-state index is 0.0822. The Kier molecular flexibility index (Phi) is 1.81. The largest absolute Gasteiger partial charge is 0.469 e. The Labute approximate surface area is 61.0 Å². The maximum Gasteiger partial charge on any atom is 0.105 e. The quantitative estimate of drug-likeness (QED) is 0.645. The average Bonchev–Trinajstić information content (AvgIpc) is 2.11. The summed E-state index contributed by atoms with van der Waals surface area (Å²) in [7, 11) is 0. The molecule has 2 N–H and O–H groups in total. The van der Waals surface area contributed by atoms with E-state index in [2.05, 4.69) is 0 Å². The Morgan fingerprint density at radius 3 is 2.30 bits per heavy atom. The summed E-state index contributed by atoms with van der Waals surface area (Å²) in [5, 5.41) is 0.